The lowest BCUT2D eigenvalue weighted by Gasteiger charge is -2.06. The Kier molecular flexibility index (Phi) is 3.50. The molecule has 5 nitrogen and oxygen atoms in total. The van der Waals surface area contributed by atoms with Gasteiger partial charge >= 0.3 is 0 Å². The van der Waals surface area contributed by atoms with Crippen LogP contribution in [0.25, 0.3) is 10.9 Å². The van der Waals surface area contributed by atoms with Crippen LogP contribution in [0.5, 0.6) is 0 Å². The maximum absolute atomic E-state index is 12.1. The molecule has 0 radical (unpaired) electrons. The number of halogens is 1. The number of nitrogens with two attached hydrogens (primary N) is 1. The van der Waals surface area contributed by atoms with Crippen LogP contribution in [0.4, 0.5) is 11.5 Å². The lowest BCUT2D eigenvalue weighted by molar-refractivity contribution is -0.115. The van der Waals surface area contributed by atoms with E-state index < -0.39 is 0 Å². The van der Waals surface area contributed by atoms with Gasteiger partial charge in [-0.1, -0.05) is 29.8 Å². The Hall–Kier alpha value is -2.53. The van der Waals surface area contributed by atoms with Gasteiger partial charge < -0.3 is 11.1 Å². The van der Waals surface area contributed by atoms with Gasteiger partial charge in [0.05, 0.1) is 11.9 Å². The molecule has 0 aliphatic carbocycles. The van der Waals surface area contributed by atoms with Gasteiger partial charge in [0.25, 0.3) is 0 Å². The molecule has 106 valence electrons. The summed E-state index contributed by atoms with van der Waals surface area (Å²) in [6.07, 6.45) is 0.221. The van der Waals surface area contributed by atoms with Crippen molar-refractivity contribution in [3.8, 4) is 0 Å². The number of amides is 1. The molecule has 21 heavy (non-hydrogen) atoms. The van der Waals surface area contributed by atoms with Crippen molar-refractivity contribution in [1.29, 1.82) is 0 Å². The second kappa shape index (κ2) is 5.46. The molecule has 0 aliphatic heterocycles. The summed E-state index contributed by atoms with van der Waals surface area (Å²) in [7, 11) is 0. The zero-order valence-electron chi connectivity index (χ0n) is 11.1. The van der Waals surface area contributed by atoms with Gasteiger partial charge in [-0.15, -0.1) is 0 Å². The molecule has 0 saturated carbocycles. The molecule has 0 saturated heterocycles. The molecule has 3 rings (SSSR count). The van der Waals surface area contributed by atoms with Gasteiger partial charge in [-0.05, 0) is 29.8 Å². The molecule has 0 atom stereocenters. The van der Waals surface area contributed by atoms with Crippen LogP contribution in [0, 0.1) is 0 Å². The molecule has 3 aromatic rings. The van der Waals surface area contributed by atoms with Gasteiger partial charge in [0.15, 0.2) is 5.82 Å². The summed E-state index contributed by atoms with van der Waals surface area (Å²) < 4.78 is 0. The van der Waals surface area contributed by atoms with Crippen LogP contribution in [0.1, 0.15) is 5.56 Å². The average Bonchev–Trinajstić information content (AvgIpc) is 2.83. The van der Waals surface area contributed by atoms with E-state index in [1.54, 1.807) is 18.2 Å². The molecule has 0 aliphatic rings. The van der Waals surface area contributed by atoms with Crippen LogP contribution in [0.2, 0.25) is 5.02 Å². The zero-order valence-corrected chi connectivity index (χ0v) is 11.8. The van der Waals surface area contributed by atoms with E-state index in [4.69, 9.17) is 17.3 Å². The number of carbonyl (C=O) groups excluding carboxylic acids is 1. The third-order valence-corrected chi connectivity index (χ3v) is 3.55. The number of nitrogens with one attached hydrogen (secondary N) is 2. The molecule has 1 amide bonds. The Morgan fingerprint density at radius 1 is 1.29 bits per heavy atom. The predicted octanol–water partition coefficient (Wildman–Crippen LogP) is 2.98. The first kappa shape index (κ1) is 13.5. The van der Waals surface area contributed by atoms with Gasteiger partial charge in [-0.25, -0.2) is 0 Å². The van der Waals surface area contributed by atoms with Crippen LogP contribution in [-0.2, 0) is 11.2 Å². The van der Waals surface area contributed by atoms with Crippen molar-refractivity contribution in [3.63, 3.8) is 0 Å². The Balaban J connectivity index is 1.77. The van der Waals surface area contributed by atoms with Crippen LogP contribution in [-0.4, -0.2) is 16.1 Å². The van der Waals surface area contributed by atoms with E-state index in [-0.39, 0.29) is 12.3 Å². The second-order valence-electron chi connectivity index (χ2n) is 4.69. The number of aromatic nitrogens is 2. The van der Waals surface area contributed by atoms with Crippen molar-refractivity contribution in [1.82, 2.24) is 10.2 Å². The summed E-state index contributed by atoms with van der Waals surface area (Å²) in [5, 5.41) is 10.9. The quantitative estimate of drug-likeness (QED) is 0.695. The molecular formula is C15H13ClN4O. The number of carbonyl (C=O) groups is 1. The first-order chi connectivity index (χ1) is 10.1. The fourth-order valence-electron chi connectivity index (χ4n) is 2.13. The molecule has 1 heterocycles. The molecule has 0 bridgehead atoms. The SMILES string of the molecule is Nc1n[nH]c2ccc(NC(=O)Cc3ccccc3Cl)cc12. The number of fused-ring (bicyclic) bond motifs is 1. The Morgan fingerprint density at radius 3 is 2.90 bits per heavy atom. The average molecular weight is 301 g/mol. The van der Waals surface area contributed by atoms with E-state index >= 15 is 0 Å². The number of rotatable bonds is 3. The maximum Gasteiger partial charge on any atom is 0.228 e. The van der Waals surface area contributed by atoms with Crippen molar-refractivity contribution >= 4 is 39.9 Å². The largest absolute Gasteiger partial charge is 0.382 e. The Labute approximate surface area is 126 Å². The van der Waals surface area contributed by atoms with Gasteiger partial charge in [0.2, 0.25) is 5.91 Å². The molecule has 0 fully saturated rings. The Morgan fingerprint density at radius 2 is 2.10 bits per heavy atom. The lowest BCUT2D eigenvalue weighted by atomic mass is 10.1. The Bertz CT molecular complexity index is 812. The number of hydrogen-bond donors (Lipinski definition) is 3. The summed E-state index contributed by atoms with van der Waals surface area (Å²) >= 11 is 6.05. The molecular weight excluding hydrogens is 288 g/mol. The summed E-state index contributed by atoms with van der Waals surface area (Å²) in [4.78, 5) is 12.1. The van der Waals surface area contributed by atoms with Crippen LogP contribution in [0.3, 0.4) is 0 Å². The minimum absolute atomic E-state index is 0.135. The summed E-state index contributed by atoms with van der Waals surface area (Å²) in [6, 6.07) is 12.7. The van der Waals surface area contributed by atoms with Gasteiger partial charge in [0.1, 0.15) is 0 Å². The molecule has 0 spiro atoms. The fourth-order valence-corrected chi connectivity index (χ4v) is 2.33. The van der Waals surface area contributed by atoms with Crippen molar-refractivity contribution in [2.45, 2.75) is 6.42 Å². The third kappa shape index (κ3) is 2.83. The van der Waals surface area contributed by atoms with Gasteiger partial charge in [-0.2, -0.15) is 5.10 Å². The standard InChI is InChI=1S/C15H13ClN4O/c16-12-4-2-1-3-9(12)7-14(21)18-10-5-6-13-11(8-10)15(17)20-19-13/h1-6,8H,7H2,(H,18,21)(H3,17,19,20). The highest BCUT2D eigenvalue weighted by atomic mass is 35.5. The number of nitrogens with zero attached hydrogens (tertiary/aromatic N) is 1. The number of hydrogen-bond acceptors (Lipinski definition) is 3. The lowest BCUT2D eigenvalue weighted by Crippen LogP contribution is -2.14. The van der Waals surface area contributed by atoms with E-state index in [1.165, 1.54) is 0 Å². The number of aromatic amines is 1. The van der Waals surface area contributed by atoms with E-state index in [1.807, 2.05) is 24.3 Å². The zero-order chi connectivity index (χ0) is 14.8. The highest BCUT2D eigenvalue weighted by Crippen LogP contribution is 2.22. The third-order valence-electron chi connectivity index (χ3n) is 3.18. The van der Waals surface area contributed by atoms with Gasteiger partial charge in [-0.3, -0.25) is 9.89 Å². The van der Waals surface area contributed by atoms with E-state index in [9.17, 15) is 4.79 Å². The van der Waals surface area contributed by atoms with Crippen LogP contribution < -0.4 is 11.1 Å². The maximum atomic E-state index is 12.1. The van der Waals surface area contributed by atoms with E-state index in [0.717, 1.165) is 16.5 Å². The summed E-state index contributed by atoms with van der Waals surface area (Å²) in [5.41, 5.74) is 8.04. The van der Waals surface area contributed by atoms with Crippen molar-refractivity contribution in [3.05, 3.63) is 53.1 Å². The minimum Gasteiger partial charge on any atom is -0.382 e. The fraction of sp³-hybridized carbons (Fsp3) is 0.0667. The molecule has 0 unspecified atom stereocenters. The van der Waals surface area contributed by atoms with Gasteiger partial charge in [0, 0.05) is 16.1 Å². The first-order valence-corrected chi connectivity index (χ1v) is 6.78. The second-order valence-corrected chi connectivity index (χ2v) is 5.09. The van der Waals surface area contributed by atoms with Crippen molar-refractivity contribution in [2.24, 2.45) is 0 Å². The molecule has 6 heteroatoms. The topological polar surface area (TPSA) is 83.8 Å². The summed E-state index contributed by atoms with van der Waals surface area (Å²) in [6.45, 7) is 0. The molecule has 1 aromatic heterocycles. The molecule has 2 aromatic carbocycles. The van der Waals surface area contributed by atoms with Crippen molar-refractivity contribution in [2.75, 3.05) is 11.1 Å². The van der Waals surface area contributed by atoms with Crippen molar-refractivity contribution < 1.29 is 4.79 Å². The first-order valence-electron chi connectivity index (χ1n) is 6.40. The highest BCUT2D eigenvalue weighted by molar-refractivity contribution is 6.31. The number of benzene rings is 2. The van der Waals surface area contributed by atoms with E-state index in [0.29, 0.717) is 16.5 Å². The number of nitrogen functional groups attached to an aromatic ring is 1. The number of anilines is 2. The highest BCUT2D eigenvalue weighted by Gasteiger charge is 2.08. The smallest absolute Gasteiger partial charge is 0.228 e. The predicted molar refractivity (Wildman–Crippen MR) is 84.3 cm³/mol. The minimum atomic E-state index is -0.135. The number of H-pyrrole nitrogens is 1. The molecule has 4 N–H and O–H groups in total. The summed E-state index contributed by atoms with van der Waals surface area (Å²) in [5.74, 6) is 0.275. The van der Waals surface area contributed by atoms with Crippen LogP contribution >= 0.6 is 11.6 Å². The normalized spacial score (nSPS) is 10.7. The van der Waals surface area contributed by atoms with E-state index in [2.05, 4.69) is 15.5 Å². The van der Waals surface area contributed by atoms with Crippen LogP contribution in [0.15, 0.2) is 42.5 Å². The monoisotopic (exact) mass is 300 g/mol.